The van der Waals surface area contributed by atoms with Gasteiger partial charge in [-0.25, -0.2) is 22.8 Å². The minimum Gasteiger partial charge on any atom is -0.419 e. The quantitative estimate of drug-likeness (QED) is 0.261. The van der Waals surface area contributed by atoms with Crippen LogP contribution in [0.5, 0.6) is 0 Å². The van der Waals surface area contributed by atoms with Crippen molar-refractivity contribution in [2.45, 2.75) is 58.5 Å². The van der Waals surface area contributed by atoms with Crippen molar-refractivity contribution in [3.05, 3.63) is 35.3 Å². The molecule has 7 nitrogen and oxygen atoms in total. The Morgan fingerprint density at radius 1 is 0.900 bits per heavy atom. The molecule has 1 N–H and O–H groups in total. The third kappa shape index (κ3) is 3.79. The van der Waals surface area contributed by atoms with Crippen LogP contribution in [0.15, 0.2) is 17.8 Å². The second-order valence-electron chi connectivity index (χ2n) is 8.42. The summed E-state index contributed by atoms with van der Waals surface area (Å²) in [7, 11) is -1.25. The maximum absolute atomic E-state index is 14.6. The van der Waals surface area contributed by atoms with Crippen molar-refractivity contribution in [2.24, 2.45) is 0 Å². The summed E-state index contributed by atoms with van der Waals surface area (Å²) in [6.45, 7) is 9.64. The molecule has 1 aromatic rings. The van der Waals surface area contributed by atoms with Crippen molar-refractivity contribution in [3.8, 4) is 0 Å². The van der Waals surface area contributed by atoms with Crippen LogP contribution in [-0.4, -0.2) is 36.0 Å². The van der Waals surface area contributed by atoms with E-state index in [1.807, 2.05) is 0 Å². The van der Waals surface area contributed by atoms with Gasteiger partial charge < -0.3 is 24.1 Å². The van der Waals surface area contributed by atoms with Crippen LogP contribution >= 0.6 is 0 Å². The molecule has 0 aromatic heterocycles. The number of hydrogen-bond donors (Lipinski definition) is 1. The molecular formula is C19H21BF3NO6. The molecule has 2 saturated heterocycles. The maximum atomic E-state index is 14.6. The van der Waals surface area contributed by atoms with Crippen LogP contribution in [0.2, 0.25) is 0 Å². The van der Waals surface area contributed by atoms with Gasteiger partial charge in [0.25, 0.3) is 5.79 Å². The van der Waals surface area contributed by atoms with Crippen LogP contribution < -0.4 is 10.8 Å². The lowest BCUT2D eigenvalue weighted by Gasteiger charge is -2.32. The van der Waals surface area contributed by atoms with E-state index in [1.54, 1.807) is 27.7 Å². The van der Waals surface area contributed by atoms with Crippen molar-refractivity contribution >= 4 is 30.2 Å². The number of esters is 2. The third-order valence-electron chi connectivity index (χ3n) is 5.18. The van der Waals surface area contributed by atoms with E-state index in [1.165, 1.54) is 13.8 Å². The Kier molecular flexibility index (Phi) is 5.19. The number of rotatable bonds is 3. The lowest BCUT2D eigenvalue weighted by Crippen LogP contribution is -2.42. The van der Waals surface area contributed by atoms with E-state index in [0.717, 1.165) is 12.3 Å². The third-order valence-corrected chi connectivity index (χ3v) is 5.18. The van der Waals surface area contributed by atoms with Gasteiger partial charge in [0.15, 0.2) is 23.0 Å². The van der Waals surface area contributed by atoms with Gasteiger partial charge in [0.2, 0.25) is 0 Å². The molecule has 0 unspecified atom stereocenters. The molecular weight excluding hydrogens is 406 g/mol. The first kappa shape index (κ1) is 22.2. The number of carbonyl (C=O) groups excluding carboxylic acids is 2. The van der Waals surface area contributed by atoms with Crippen molar-refractivity contribution < 1.29 is 41.5 Å². The molecule has 0 amide bonds. The summed E-state index contributed by atoms with van der Waals surface area (Å²) in [5.74, 6) is -8.28. The predicted octanol–water partition coefficient (Wildman–Crippen LogP) is 2.54. The number of nitrogens with one attached hydrogen (secondary N) is 1. The van der Waals surface area contributed by atoms with Crippen LogP contribution in [0, 0.1) is 17.5 Å². The predicted molar refractivity (Wildman–Crippen MR) is 100 cm³/mol. The van der Waals surface area contributed by atoms with E-state index in [9.17, 15) is 22.8 Å². The first-order valence-corrected chi connectivity index (χ1v) is 9.11. The monoisotopic (exact) mass is 427 g/mol. The minimum absolute atomic E-state index is 0.195. The molecule has 1 aromatic carbocycles. The summed E-state index contributed by atoms with van der Waals surface area (Å²) in [5, 5.41) is 2.33. The molecule has 2 fully saturated rings. The molecule has 2 aliphatic rings. The fourth-order valence-electron chi connectivity index (χ4n) is 2.84. The highest BCUT2D eigenvalue weighted by Gasteiger charge is 2.53. The van der Waals surface area contributed by atoms with E-state index < -0.39 is 64.8 Å². The molecule has 11 heteroatoms. The van der Waals surface area contributed by atoms with Crippen LogP contribution in [0.4, 0.5) is 18.9 Å². The number of halogens is 3. The van der Waals surface area contributed by atoms with Gasteiger partial charge in [-0.05, 0) is 33.8 Å². The van der Waals surface area contributed by atoms with Crippen LogP contribution in [0.1, 0.15) is 41.5 Å². The summed E-state index contributed by atoms with van der Waals surface area (Å²) >= 11 is 0. The molecule has 162 valence electrons. The number of hydrogen-bond acceptors (Lipinski definition) is 7. The van der Waals surface area contributed by atoms with E-state index in [-0.39, 0.29) is 5.46 Å². The number of carbonyl (C=O) groups is 2. The Hall–Kier alpha value is -2.53. The Morgan fingerprint density at radius 3 is 1.90 bits per heavy atom. The number of cyclic esters (lactones) is 2. The second-order valence-corrected chi connectivity index (χ2v) is 8.42. The zero-order valence-electron chi connectivity index (χ0n) is 17.3. The summed E-state index contributed by atoms with van der Waals surface area (Å²) < 4.78 is 63.9. The highest BCUT2D eigenvalue weighted by molar-refractivity contribution is 6.64. The minimum atomic E-state index is -1.74. The van der Waals surface area contributed by atoms with Gasteiger partial charge in [0, 0.05) is 25.5 Å². The lowest BCUT2D eigenvalue weighted by atomic mass is 9.77. The van der Waals surface area contributed by atoms with Crippen molar-refractivity contribution in [3.63, 3.8) is 0 Å². The summed E-state index contributed by atoms with van der Waals surface area (Å²) in [5.41, 5.74) is -3.02. The van der Waals surface area contributed by atoms with E-state index in [2.05, 4.69) is 5.32 Å². The van der Waals surface area contributed by atoms with Gasteiger partial charge in [0.1, 0.15) is 0 Å². The van der Waals surface area contributed by atoms with E-state index >= 15 is 0 Å². The molecule has 0 bridgehead atoms. The van der Waals surface area contributed by atoms with Crippen molar-refractivity contribution in [2.75, 3.05) is 5.32 Å². The Labute approximate surface area is 171 Å². The standard InChI is InChI=1S/C19H21BF3NO6/c1-17(2)18(3,4)30-20(29-17)10-7-11(21)12(22)13(23)14(10)24-8-9-15(25)27-19(5,6)28-16(9)26/h7-8,24H,1-6H3. The van der Waals surface area contributed by atoms with Gasteiger partial charge in [-0.15, -0.1) is 0 Å². The maximum Gasteiger partial charge on any atom is 0.497 e. The molecule has 0 spiro atoms. The van der Waals surface area contributed by atoms with E-state index in [0.29, 0.717) is 0 Å². The van der Waals surface area contributed by atoms with E-state index in [4.69, 9.17) is 18.8 Å². The molecule has 30 heavy (non-hydrogen) atoms. The summed E-state index contributed by atoms with van der Waals surface area (Å²) in [6.07, 6.45) is 0.796. The van der Waals surface area contributed by atoms with Gasteiger partial charge in [-0.2, -0.15) is 0 Å². The average Bonchev–Trinajstić information content (AvgIpc) is 2.80. The van der Waals surface area contributed by atoms with Gasteiger partial charge in [-0.1, -0.05) is 0 Å². The average molecular weight is 427 g/mol. The van der Waals surface area contributed by atoms with Gasteiger partial charge in [-0.3, -0.25) is 0 Å². The molecule has 0 saturated carbocycles. The van der Waals surface area contributed by atoms with Gasteiger partial charge >= 0.3 is 19.1 Å². The normalized spacial score (nSPS) is 21.9. The molecule has 2 heterocycles. The molecule has 0 aliphatic carbocycles. The zero-order valence-corrected chi connectivity index (χ0v) is 17.3. The smallest absolute Gasteiger partial charge is 0.419 e. The fraction of sp³-hybridized carbons (Fsp3) is 0.474. The first-order valence-electron chi connectivity index (χ1n) is 9.11. The van der Waals surface area contributed by atoms with Crippen LogP contribution in [0.3, 0.4) is 0 Å². The highest BCUT2D eigenvalue weighted by Crippen LogP contribution is 2.37. The Bertz CT molecular complexity index is 922. The molecule has 0 radical (unpaired) electrons. The summed E-state index contributed by atoms with van der Waals surface area (Å²) in [6, 6.07) is 0.724. The SMILES string of the molecule is CC1(C)OC(=O)C(=CNc2c(B3OC(C)(C)C(C)(C)O3)cc(F)c(F)c2F)C(=O)O1. The largest absolute Gasteiger partial charge is 0.497 e. The Balaban J connectivity index is 2.01. The van der Waals surface area contributed by atoms with Gasteiger partial charge in [0.05, 0.1) is 16.9 Å². The van der Waals surface area contributed by atoms with Crippen molar-refractivity contribution in [1.29, 1.82) is 0 Å². The second kappa shape index (κ2) is 7.02. The first-order chi connectivity index (χ1) is 13.7. The number of anilines is 1. The lowest BCUT2D eigenvalue weighted by molar-refractivity contribution is -0.222. The molecule has 0 atom stereocenters. The number of benzene rings is 1. The molecule has 3 rings (SSSR count). The fourth-order valence-corrected chi connectivity index (χ4v) is 2.84. The van der Waals surface area contributed by atoms with Crippen molar-refractivity contribution in [1.82, 2.24) is 0 Å². The molecule has 2 aliphatic heterocycles. The number of ether oxygens (including phenoxy) is 2. The topological polar surface area (TPSA) is 83.1 Å². The van der Waals surface area contributed by atoms with Crippen LogP contribution in [-0.2, 0) is 28.4 Å². The van der Waals surface area contributed by atoms with Crippen LogP contribution in [0.25, 0.3) is 0 Å². The Morgan fingerprint density at radius 2 is 1.40 bits per heavy atom. The highest BCUT2D eigenvalue weighted by atomic mass is 19.2. The summed E-state index contributed by atoms with van der Waals surface area (Å²) in [4.78, 5) is 24.1. The zero-order chi connectivity index (χ0) is 22.6.